The van der Waals surface area contributed by atoms with E-state index >= 15 is 0 Å². The van der Waals surface area contributed by atoms with Gasteiger partial charge in [-0.2, -0.15) is 0 Å². The van der Waals surface area contributed by atoms with Crippen molar-refractivity contribution in [3.8, 4) is 0 Å². The van der Waals surface area contributed by atoms with E-state index in [9.17, 15) is 14.7 Å². The zero-order chi connectivity index (χ0) is 30.9. The van der Waals surface area contributed by atoms with Crippen LogP contribution in [0.15, 0.2) is 24.3 Å². The van der Waals surface area contributed by atoms with E-state index in [0.29, 0.717) is 0 Å². The number of rotatable bonds is 31. The second-order valence-electron chi connectivity index (χ2n) is 12.6. The first-order chi connectivity index (χ1) is 20.5. The molecule has 0 aliphatic rings. The third-order valence-electron chi connectivity index (χ3n) is 8.68. The first kappa shape index (κ1) is 40.4. The van der Waals surface area contributed by atoms with E-state index < -0.39 is 11.9 Å². The molecule has 0 heterocycles. The number of amides is 1. The predicted molar refractivity (Wildman–Crippen MR) is 183 cm³/mol. The minimum absolute atomic E-state index is 0.0526. The Bertz CT molecular complexity index is 657. The van der Waals surface area contributed by atoms with Crippen molar-refractivity contribution in [1.82, 2.24) is 4.90 Å². The first-order valence-corrected chi connectivity index (χ1v) is 18.3. The number of hydrogen-bond acceptors (Lipinski definition) is 2. The maximum atomic E-state index is 12.1. The number of unbranched alkanes of at least 4 members (excludes halogenated alkanes) is 22. The van der Waals surface area contributed by atoms with Crippen molar-refractivity contribution in [2.45, 2.75) is 200 Å². The van der Waals surface area contributed by atoms with Crippen LogP contribution >= 0.6 is 0 Å². The van der Waals surface area contributed by atoms with Gasteiger partial charge in [0.2, 0.25) is 0 Å². The lowest BCUT2D eigenvalue weighted by Gasteiger charge is -2.27. The maximum absolute atomic E-state index is 12.1. The molecule has 0 spiro atoms. The van der Waals surface area contributed by atoms with Crippen LogP contribution in [0.4, 0.5) is 0 Å². The Hall–Kier alpha value is -1.58. The van der Waals surface area contributed by atoms with Gasteiger partial charge in [-0.15, -0.1) is 0 Å². The molecule has 1 atom stereocenters. The summed E-state index contributed by atoms with van der Waals surface area (Å²) in [5.41, 5.74) is 0. The van der Waals surface area contributed by atoms with E-state index in [1.165, 1.54) is 153 Å². The highest BCUT2D eigenvalue weighted by Gasteiger charge is 2.24. The molecule has 0 aliphatic heterocycles. The predicted octanol–water partition coefficient (Wildman–Crippen LogP) is 12.0. The van der Waals surface area contributed by atoms with Crippen LogP contribution in [0.2, 0.25) is 0 Å². The standard InChI is InChI=1S/C38H71NO3/c1-4-6-8-10-12-14-16-18-20-21-23-25-27-29-31-33-35-36(39(3)37(40)38(41)42)34-32-30-28-26-24-22-19-17-15-13-11-9-7-5-2/h12,14,18,20,36H,4-11,13,15-17,19,21-35H2,1-3H3,(H,41,42)/b14-12-,20-18-. The molecule has 4 heteroatoms. The summed E-state index contributed by atoms with van der Waals surface area (Å²) in [6.45, 7) is 4.52. The molecule has 1 unspecified atom stereocenters. The summed E-state index contributed by atoms with van der Waals surface area (Å²) in [6, 6.07) is 0.0526. The van der Waals surface area contributed by atoms with Gasteiger partial charge in [-0.1, -0.05) is 173 Å². The van der Waals surface area contributed by atoms with Gasteiger partial charge < -0.3 is 10.0 Å². The number of carboxylic acids is 1. The van der Waals surface area contributed by atoms with Gasteiger partial charge >= 0.3 is 11.9 Å². The van der Waals surface area contributed by atoms with Gasteiger partial charge in [-0.25, -0.2) is 4.79 Å². The minimum atomic E-state index is -1.33. The van der Waals surface area contributed by atoms with Gasteiger partial charge in [-0.05, 0) is 44.9 Å². The molecule has 0 aliphatic carbocycles. The average Bonchev–Trinajstić information content (AvgIpc) is 2.99. The Labute approximate surface area is 262 Å². The zero-order valence-electron chi connectivity index (χ0n) is 28.4. The molecule has 0 saturated heterocycles. The van der Waals surface area contributed by atoms with E-state index in [-0.39, 0.29) is 6.04 Å². The monoisotopic (exact) mass is 590 g/mol. The Morgan fingerprint density at radius 3 is 1.26 bits per heavy atom. The van der Waals surface area contributed by atoms with E-state index in [4.69, 9.17) is 0 Å². The molecule has 0 radical (unpaired) electrons. The summed E-state index contributed by atoms with van der Waals surface area (Å²) < 4.78 is 0. The van der Waals surface area contributed by atoms with Gasteiger partial charge in [0.15, 0.2) is 0 Å². The van der Waals surface area contributed by atoms with Crippen molar-refractivity contribution in [2.24, 2.45) is 0 Å². The number of hydrogen-bond donors (Lipinski definition) is 1. The molecule has 0 fully saturated rings. The Kier molecular flexibility index (Phi) is 31.1. The number of carbonyl (C=O) groups is 2. The van der Waals surface area contributed by atoms with E-state index in [0.717, 1.165) is 32.1 Å². The molecule has 1 amide bonds. The fourth-order valence-electron chi connectivity index (χ4n) is 5.79. The number of nitrogens with zero attached hydrogens (tertiary/aromatic N) is 1. The van der Waals surface area contributed by atoms with E-state index in [1.807, 2.05) is 0 Å². The van der Waals surface area contributed by atoms with Gasteiger partial charge in [-0.3, -0.25) is 4.79 Å². The van der Waals surface area contributed by atoms with Crippen LogP contribution in [0.5, 0.6) is 0 Å². The molecular formula is C38H71NO3. The highest BCUT2D eigenvalue weighted by molar-refractivity contribution is 6.31. The fourth-order valence-corrected chi connectivity index (χ4v) is 5.79. The molecule has 0 saturated carbocycles. The Morgan fingerprint density at radius 1 is 0.524 bits per heavy atom. The number of likely N-dealkylation sites (N-methyl/N-ethyl adjacent to an activating group) is 1. The van der Waals surface area contributed by atoms with Crippen LogP contribution in [0, 0.1) is 0 Å². The van der Waals surface area contributed by atoms with Crippen molar-refractivity contribution in [3.05, 3.63) is 24.3 Å². The lowest BCUT2D eigenvalue weighted by molar-refractivity contribution is -0.156. The number of aliphatic carboxylic acids is 1. The molecular weight excluding hydrogens is 518 g/mol. The van der Waals surface area contributed by atoms with Crippen molar-refractivity contribution in [3.63, 3.8) is 0 Å². The smallest absolute Gasteiger partial charge is 0.394 e. The first-order valence-electron chi connectivity index (χ1n) is 18.3. The van der Waals surface area contributed by atoms with Crippen LogP contribution in [-0.4, -0.2) is 35.0 Å². The van der Waals surface area contributed by atoms with E-state index in [1.54, 1.807) is 7.05 Å². The molecule has 0 aromatic carbocycles. The average molecular weight is 590 g/mol. The quantitative estimate of drug-likeness (QED) is 0.0497. The third-order valence-corrected chi connectivity index (χ3v) is 8.68. The van der Waals surface area contributed by atoms with Crippen LogP contribution < -0.4 is 0 Å². The van der Waals surface area contributed by atoms with Crippen LogP contribution in [0.1, 0.15) is 194 Å². The van der Waals surface area contributed by atoms with Gasteiger partial charge in [0.25, 0.3) is 0 Å². The normalized spacial score (nSPS) is 12.5. The van der Waals surface area contributed by atoms with Crippen molar-refractivity contribution in [1.29, 1.82) is 0 Å². The van der Waals surface area contributed by atoms with Gasteiger partial charge in [0.05, 0.1) is 0 Å². The lowest BCUT2D eigenvalue weighted by Crippen LogP contribution is -2.41. The van der Waals surface area contributed by atoms with Crippen LogP contribution in [0.25, 0.3) is 0 Å². The molecule has 246 valence electrons. The Balaban J connectivity index is 3.91. The Morgan fingerprint density at radius 2 is 0.857 bits per heavy atom. The van der Waals surface area contributed by atoms with Crippen LogP contribution in [0.3, 0.4) is 0 Å². The second-order valence-corrected chi connectivity index (χ2v) is 12.6. The van der Waals surface area contributed by atoms with Crippen molar-refractivity contribution in [2.75, 3.05) is 7.05 Å². The summed E-state index contributed by atoms with van der Waals surface area (Å²) in [7, 11) is 1.68. The van der Waals surface area contributed by atoms with Crippen molar-refractivity contribution >= 4 is 11.9 Å². The summed E-state index contributed by atoms with van der Waals surface area (Å²) in [4.78, 5) is 24.9. The third kappa shape index (κ3) is 27.3. The molecule has 0 bridgehead atoms. The minimum Gasteiger partial charge on any atom is -0.474 e. The lowest BCUT2D eigenvalue weighted by atomic mass is 9.98. The van der Waals surface area contributed by atoms with Gasteiger partial charge in [0, 0.05) is 13.1 Å². The fraction of sp³-hybridized carbons (Fsp3) is 0.842. The largest absolute Gasteiger partial charge is 0.474 e. The van der Waals surface area contributed by atoms with Crippen molar-refractivity contribution < 1.29 is 14.7 Å². The number of allylic oxidation sites excluding steroid dienone is 4. The number of carbonyl (C=O) groups excluding carboxylic acids is 1. The molecule has 4 nitrogen and oxygen atoms in total. The molecule has 1 N–H and O–H groups in total. The topological polar surface area (TPSA) is 57.6 Å². The van der Waals surface area contributed by atoms with Crippen LogP contribution in [-0.2, 0) is 9.59 Å². The second kappa shape index (κ2) is 32.3. The highest BCUT2D eigenvalue weighted by atomic mass is 16.4. The van der Waals surface area contributed by atoms with E-state index in [2.05, 4.69) is 38.2 Å². The molecule has 42 heavy (non-hydrogen) atoms. The summed E-state index contributed by atoms with van der Waals surface area (Å²) in [5, 5.41) is 9.21. The summed E-state index contributed by atoms with van der Waals surface area (Å²) in [5.74, 6) is -2.09. The molecule has 0 rings (SSSR count). The number of carboxylic acid groups (broad SMARTS) is 1. The van der Waals surface area contributed by atoms with Gasteiger partial charge in [0.1, 0.15) is 0 Å². The summed E-state index contributed by atoms with van der Waals surface area (Å²) >= 11 is 0. The molecule has 0 aromatic rings. The SMILES string of the molecule is CCCCC/C=C\C/C=C\CCCCCCCCC(CCCCCCCCCCCCCCCC)N(C)C(=O)C(=O)O. The zero-order valence-corrected chi connectivity index (χ0v) is 28.4. The highest BCUT2D eigenvalue weighted by Crippen LogP contribution is 2.19. The maximum Gasteiger partial charge on any atom is 0.394 e. The summed E-state index contributed by atoms with van der Waals surface area (Å²) in [6.07, 6.45) is 44.4. The molecule has 0 aromatic heterocycles.